The molecule has 8 aromatic heterocycles. The van der Waals surface area contributed by atoms with E-state index in [2.05, 4.69) is 119 Å². The summed E-state index contributed by atoms with van der Waals surface area (Å²) in [5, 5.41) is 8.70. The van der Waals surface area contributed by atoms with Crippen LogP contribution in [-0.2, 0) is 5.41 Å². The van der Waals surface area contributed by atoms with Crippen molar-refractivity contribution in [2.45, 2.75) is 5.41 Å². The zero-order valence-electron chi connectivity index (χ0n) is 21.3. The Morgan fingerprint density at radius 1 is 0.293 bits per heavy atom. The summed E-state index contributed by atoms with van der Waals surface area (Å²) in [4.78, 5) is 16.2. The van der Waals surface area contributed by atoms with Crippen LogP contribution in [0.4, 0.5) is 0 Å². The minimum Gasteiger partial charge on any atom is -0.143 e. The smallest absolute Gasteiger partial charge is 0.107 e. The Morgan fingerprint density at radius 2 is 0.561 bits per heavy atom. The van der Waals surface area contributed by atoms with Crippen LogP contribution in [0.5, 0.6) is 0 Å². The number of thiophene rings is 8. The number of hydrogen-bond acceptors (Lipinski definition) is 8. The first-order valence-electron chi connectivity index (χ1n) is 12.9. The number of rotatable bonds is 8. The summed E-state index contributed by atoms with van der Waals surface area (Å²) in [6.07, 6.45) is 0. The van der Waals surface area contributed by atoms with E-state index in [0.29, 0.717) is 0 Å². The molecule has 0 aromatic carbocycles. The van der Waals surface area contributed by atoms with E-state index in [9.17, 15) is 0 Å². The van der Waals surface area contributed by atoms with Crippen molar-refractivity contribution in [2.75, 3.05) is 0 Å². The van der Waals surface area contributed by atoms with Crippen LogP contribution in [0.25, 0.3) is 39.0 Å². The molecule has 8 rings (SSSR count). The minimum atomic E-state index is -0.388. The van der Waals surface area contributed by atoms with Gasteiger partial charge in [0.05, 0.1) is 0 Å². The normalized spacial score (nSPS) is 11.9. The van der Waals surface area contributed by atoms with Gasteiger partial charge in [0.2, 0.25) is 0 Å². The van der Waals surface area contributed by atoms with E-state index >= 15 is 0 Å². The van der Waals surface area contributed by atoms with Gasteiger partial charge >= 0.3 is 0 Å². The van der Waals surface area contributed by atoms with Crippen molar-refractivity contribution < 1.29 is 0 Å². The topological polar surface area (TPSA) is 0 Å². The molecule has 8 aromatic rings. The highest BCUT2D eigenvalue weighted by Gasteiger charge is 2.44. The molecule has 41 heavy (non-hydrogen) atoms. The molecule has 0 nitrogen and oxygen atoms in total. The van der Waals surface area contributed by atoms with E-state index in [1.807, 2.05) is 90.7 Å². The van der Waals surface area contributed by atoms with E-state index in [1.54, 1.807) is 0 Å². The molecule has 8 heteroatoms. The summed E-state index contributed by atoms with van der Waals surface area (Å²) in [5.41, 5.74) is -0.388. The standard InChI is InChI=1S/C33H20S8/c1-5-21(34-17-1)25-9-13-29(38-25)33(30-14-10-26(39-30)22-6-2-18-35-22,31-15-11-27(40-31)23-7-3-19-36-23)32-16-12-28(41-32)24-8-4-20-37-24/h1-20H. The van der Waals surface area contributed by atoms with Crippen molar-refractivity contribution in [2.24, 2.45) is 0 Å². The van der Waals surface area contributed by atoms with Gasteiger partial charge in [0.1, 0.15) is 5.41 Å². The molecule has 8 heterocycles. The van der Waals surface area contributed by atoms with Gasteiger partial charge in [0.25, 0.3) is 0 Å². The molecular formula is C33H20S8. The van der Waals surface area contributed by atoms with Crippen molar-refractivity contribution in [3.8, 4) is 39.0 Å². The van der Waals surface area contributed by atoms with Crippen LogP contribution in [0.3, 0.4) is 0 Å². The Balaban J connectivity index is 1.40. The maximum absolute atomic E-state index is 2.39. The van der Waals surface area contributed by atoms with Gasteiger partial charge in [-0.1, -0.05) is 24.3 Å². The van der Waals surface area contributed by atoms with Gasteiger partial charge in [-0.3, -0.25) is 0 Å². The highest BCUT2D eigenvalue weighted by Crippen LogP contribution is 2.56. The third-order valence-electron chi connectivity index (χ3n) is 6.96. The van der Waals surface area contributed by atoms with Gasteiger partial charge in [-0.25, -0.2) is 0 Å². The van der Waals surface area contributed by atoms with E-state index in [4.69, 9.17) is 0 Å². The molecule has 0 radical (unpaired) electrons. The van der Waals surface area contributed by atoms with E-state index in [1.165, 1.54) is 58.5 Å². The summed E-state index contributed by atoms with van der Waals surface area (Å²) in [6, 6.07) is 36.4. The predicted molar refractivity (Wildman–Crippen MR) is 190 cm³/mol. The quantitative estimate of drug-likeness (QED) is 0.151. The van der Waals surface area contributed by atoms with Crippen LogP contribution in [0.15, 0.2) is 119 Å². The lowest BCUT2D eigenvalue weighted by molar-refractivity contribution is 0.823. The van der Waals surface area contributed by atoms with Crippen LogP contribution in [0.1, 0.15) is 19.5 Å². The van der Waals surface area contributed by atoms with Crippen molar-refractivity contribution in [3.05, 3.63) is 138 Å². The van der Waals surface area contributed by atoms with Crippen LogP contribution in [0.2, 0.25) is 0 Å². The van der Waals surface area contributed by atoms with Gasteiger partial charge in [0.15, 0.2) is 0 Å². The Bertz CT molecular complexity index is 1690. The third kappa shape index (κ3) is 4.62. The molecule has 200 valence electrons. The summed E-state index contributed by atoms with van der Waals surface area (Å²) in [6.45, 7) is 0. The SMILES string of the molecule is c1csc(-c2ccc(C(c3ccc(-c4cccs4)s3)(c3ccc(-c4cccs4)s3)c3ccc(-c4cccs4)s3)s2)c1. The lowest BCUT2D eigenvalue weighted by atomic mass is 9.81. The van der Waals surface area contributed by atoms with Gasteiger partial charge in [-0.2, -0.15) is 0 Å². The second-order valence-corrected chi connectivity index (χ2v) is 17.4. The van der Waals surface area contributed by atoms with Crippen LogP contribution in [-0.4, -0.2) is 0 Å². The molecule has 0 spiro atoms. The van der Waals surface area contributed by atoms with Gasteiger partial charge < -0.3 is 0 Å². The lowest BCUT2D eigenvalue weighted by Gasteiger charge is -2.31. The van der Waals surface area contributed by atoms with Crippen LogP contribution in [0, 0.1) is 0 Å². The van der Waals surface area contributed by atoms with Crippen molar-refractivity contribution >= 4 is 90.7 Å². The average molecular weight is 673 g/mol. The Kier molecular flexibility index (Phi) is 7.06. The zero-order valence-corrected chi connectivity index (χ0v) is 27.8. The number of hydrogen-bond donors (Lipinski definition) is 0. The largest absolute Gasteiger partial charge is 0.143 e. The molecule has 0 saturated carbocycles. The van der Waals surface area contributed by atoms with Gasteiger partial charge in [0, 0.05) is 58.5 Å². The van der Waals surface area contributed by atoms with Crippen LogP contribution >= 0.6 is 90.7 Å². The highest BCUT2D eigenvalue weighted by atomic mass is 32.1. The minimum absolute atomic E-state index is 0.388. The van der Waals surface area contributed by atoms with E-state index < -0.39 is 0 Å². The third-order valence-corrected chi connectivity index (χ3v) is 16.0. The Morgan fingerprint density at radius 3 is 0.780 bits per heavy atom. The van der Waals surface area contributed by atoms with Gasteiger partial charge in [-0.05, 0) is 94.3 Å². The molecule has 0 fully saturated rings. The first-order chi connectivity index (χ1) is 20.3. The zero-order chi connectivity index (χ0) is 27.2. The maximum atomic E-state index is 2.39. The molecule has 0 amide bonds. The fourth-order valence-corrected chi connectivity index (χ4v) is 13.8. The monoisotopic (exact) mass is 672 g/mol. The molecule has 0 bridgehead atoms. The first-order valence-corrected chi connectivity index (χ1v) is 19.6. The summed E-state index contributed by atoms with van der Waals surface area (Å²) >= 11 is 15.0. The van der Waals surface area contributed by atoms with Crippen molar-refractivity contribution in [1.29, 1.82) is 0 Å². The van der Waals surface area contributed by atoms with Gasteiger partial charge in [-0.15, -0.1) is 90.7 Å². The first kappa shape index (κ1) is 26.2. The lowest BCUT2D eigenvalue weighted by Crippen LogP contribution is -2.26. The molecular weight excluding hydrogens is 653 g/mol. The molecule has 0 N–H and O–H groups in total. The predicted octanol–water partition coefficient (Wildman–Crippen LogP) is 13.2. The summed E-state index contributed by atoms with van der Waals surface area (Å²) in [7, 11) is 0. The second kappa shape index (κ2) is 11.0. The summed E-state index contributed by atoms with van der Waals surface area (Å²) in [5.74, 6) is 0. The van der Waals surface area contributed by atoms with E-state index in [-0.39, 0.29) is 5.41 Å². The highest BCUT2D eigenvalue weighted by molar-refractivity contribution is 7.25. The van der Waals surface area contributed by atoms with Crippen molar-refractivity contribution in [3.63, 3.8) is 0 Å². The fourth-order valence-electron chi connectivity index (χ4n) is 5.09. The maximum Gasteiger partial charge on any atom is 0.107 e. The molecule has 0 atom stereocenters. The van der Waals surface area contributed by atoms with Crippen molar-refractivity contribution in [1.82, 2.24) is 0 Å². The summed E-state index contributed by atoms with van der Waals surface area (Å²) < 4.78 is 0. The average Bonchev–Trinajstić information content (AvgIpc) is 3.88. The Hall–Kier alpha value is -2.40. The molecule has 0 aliphatic carbocycles. The Labute approximate surface area is 270 Å². The fraction of sp³-hybridized carbons (Fsp3) is 0.0303. The second-order valence-electron chi connectivity index (χ2n) is 9.31. The molecule has 0 unspecified atom stereocenters. The molecule has 0 aliphatic heterocycles. The molecule has 0 saturated heterocycles. The van der Waals surface area contributed by atoms with E-state index in [0.717, 1.165) is 0 Å². The van der Waals surface area contributed by atoms with Crippen LogP contribution < -0.4 is 0 Å². The molecule has 0 aliphatic rings.